The van der Waals surface area contributed by atoms with Crippen molar-refractivity contribution in [2.24, 2.45) is 5.92 Å². The Morgan fingerprint density at radius 3 is 2.86 bits per heavy atom. The first-order valence-electron chi connectivity index (χ1n) is 5.90. The van der Waals surface area contributed by atoms with E-state index in [2.05, 4.69) is 11.8 Å². The van der Waals surface area contributed by atoms with Crippen LogP contribution in [0.5, 0.6) is 0 Å². The van der Waals surface area contributed by atoms with Gasteiger partial charge in [0.2, 0.25) is 0 Å². The molecule has 0 radical (unpaired) electrons. The first kappa shape index (κ1) is 11.7. The molecule has 0 aromatic heterocycles. The number of Topliss-reactive ketones (excluding diaryl/α,β-unsaturated/α-hetero) is 1. The average Bonchev–Trinajstić information content (AvgIpc) is 2.30. The Bertz CT molecular complexity index is 179. The van der Waals surface area contributed by atoms with Crippen molar-refractivity contribution in [1.29, 1.82) is 0 Å². The predicted octanol–water partition coefficient (Wildman–Crippen LogP) is 2.48. The first-order valence-corrected chi connectivity index (χ1v) is 5.90. The number of hydrogen-bond donors (Lipinski definition) is 0. The summed E-state index contributed by atoms with van der Waals surface area (Å²) in [5.74, 6) is 1.22. The van der Waals surface area contributed by atoms with Gasteiger partial charge in [-0.2, -0.15) is 0 Å². The molecule has 1 heterocycles. The molecular weight excluding hydrogens is 174 g/mol. The Hall–Kier alpha value is -0.370. The maximum atomic E-state index is 10.8. The zero-order chi connectivity index (χ0) is 10.4. The molecule has 0 saturated carbocycles. The highest BCUT2D eigenvalue weighted by Crippen LogP contribution is 2.16. The number of carbonyl (C=O) groups is 1. The van der Waals surface area contributed by atoms with Crippen molar-refractivity contribution in [2.75, 3.05) is 19.6 Å². The summed E-state index contributed by atoms with van der Waals surface area (Å²) in [5, 5.41) is 0. The Kier molecular flexibility index (Phi) is 5.16. The normalized spacial score (nSPS) is 24.6. The van der Waals surface area contributed by atoms with Crippen LogP contribution in [0.1, 0.15) is 46.0 Å². The van der Waals surface area contributed by atoms with E-state index >= 15 is 0 Å². The zero-order valence-electron chi connectivity index (χ0n) is 9.59. The van der Waals surface area contributed by atoms with Crippen LogP contribution in [0.25, 0.3) is 0 Å². The van der Waals surface area contributed by atoms with Crippen LogP contribution < -0.4 is 0 Å². The van der Waals surface area contributed by atoms with Crippen molar-refractivity contribution in [1.82, 2.24) is 4.90 Å². The molecule has 0 aromatic carbocycles. The van der Waals surface area contributed by atoms with Crippen LogP contribution in [-0.4, -0.2) is 30.3 Å². The molecule has 2 heteroatoms. The molecule has 1 aliphatic rings. The Morgan fingerprint density at radius 1 is 1.36 bits per heavy atom. The number of carbonyl (C=O) groups excluding carboxylic acids is 1. The van der Waals surface area contributed by atoms with E-state index in [1.54, 1.807) is 6.92 Å². The van der Waals surface area contributed by atoms with Gasteiger partial charge >= 0.3 is 0 Å². The van der Waals surface area contributed by atoms with Gasteiger partial charge in [-0.25, -0.2) is 0 Å². The summed E-state index contributed by atoms with van der Waals surface area (Å²) >= 11 is 0. The minimum atomic E-state index is 0.327. The van der Waals surface area contributed by atoms with E-state index < -0.39 is 0 Å². The van der Waals surface area contributed by atoms with Crippen molar-refractivity contribution in [3.8, 4) is 0 Å². The molecule has 0 bridgehead atoms. The molecule has 1 atom stereocenters. The second-order valence-corrected chi connectivity index (χ2v) is 4.68. The van der Waals surface area contributed by atoms with Gasteiger partial charge in [0.15, 0.2) is 0 Å². The third-order valence-corrected chi connectivity index (χ3v) is 3.11. The summed E-state index contributed by atoms with van der Waals surface area (Å²) in [6, 6.07) is 0. The lowest BCUT2D eigenvalue weighted by atomic mass is 10.0. The van der Waals surface area contributed by atoms with E-state index in [4.69, 9.17) is 0 Å². The van der Waals surface area contributed by atoms with Crippen LogP contribution in [0, 0.1) is 5.92 Å². The van der Waals surface area contributed by atoms with Gasteiger partial charge in [-0.05, 0) is 58.2 Å². The van der Waals surface area contributed by atoms with Crippen LogP contribution in [0.15, 0.2) is 0 Å². The number of ketones is 1. The van der Waals surface area contributed by atoms with E-state index in [1.165, 1.54) is 32.4 Å². The van der Waals surface area contributed by atoms with Crippen molar-refractivity contribution < 1.29 is 4.79 Å². The smallest absolute Gasteiger partial charge is 0.129 e. The SMILES string of the molecule is CC(=O)CCCN1CCCC(C)CC1. The van der Waals surface area contributed by atoms with E-state index in [9.17, 15) is 4.79 Å². The summed E-state index contributed by atoms with van der Waals surface area (Å²) in [7, 11) is 0. The summed E-state index contributed by atoms with van der Waals surface area (Å²) in [6.45, 7) is 7.62. The first-order chi connectivity index (χ1) is 6.68. The largest absolute Gasteiger partial charge is 0.303 e. The summed E-state index contributed by atoms with van der Waals surface area (Å²) in [6.07, 6.45) is 5.85. The fraction of sp³-hybridized carbons (Fsp3) is 0.917. The van der Waals surface area contributed by atoms with Crippen molar-refractivity contribution in [3.63, 3.8) is 0 Å². The van der Waals surface area contributed by atoms with Crippen LogP contribution in [-0.2, 0) is 4.79 Å². The highest BCUT2D eigenvalue weighted by atomic mass is 16.1. The number of nitrogens with zero attached hydrogens (tertiary/aromatic N) is 1. The molecule has 1 saturated heterocycles. The topological polar surface area (TPSA) is 20.3 Å². The lowest BCUT2D eigenvalue weighted by Crippen LogP contribution is -2.26. The number of hydrogen-bond acceptors (Lipinski definition) is 2. The molecule has 1 unspecified atom stereocenters. The maximum Gasteiger partial charge on any atom is 0.129 e. The molecule has 1 aliphatic heterocycles. The fourth-order valence-corrected chi connectivity index (χ4v) is 2.10. The van der Waals surface area contributed by atoms with E-state index in [0.717, 1.165) is 25.3 Å². The molecule has 0 aliphatic carbocycles. The number of likely N-dealkylation sites (tertiary alicyclic amines) is 1. The predicted molar refractivity (Wildman–Crippen MR) is 59.4 cm³/mol. The van der Waals surface area contributed by atoms with Crippen LogP contribution in [0.4, 0.5) is 0 Å². The Labute approximate surface area is 87.7 Å². The minimum absolute atomic E-state index is 0.327. The third kappa shape index (κ3) is 4.75. The zero-order valence-corrected chi connectivity index (χ0v) is 9.59. The van der Waals surface area contributed by atoms with Crippen molar-refractivity contribution >= 4 is 5.78 Å². The molecule has 0 aromatic rings. The highest BCUT2D eigenvalue weighted by Gasteiger charge is 2.12. The van der Waals surface area contributed by atoms with Gasteiger partial charge in [-0.1, -0.05) is 6.92 Å². The fourth-order valence-electron chi connectivity index (χ4n) is 2.10. The van der Waals surface area contributed by atoms with E-state index in [-0.39, 0.29) is 0 Å². The second kappa shape index (κ2) is 6.18. The lowest BCUT2D eigenvalue weighted by Gasteiger charge is -2.19. The van der Waals surface area contributed by atoms with Crippen LogP contribution >= 0.6 is 0 Å². The molecule has 82 valence electrons. The minimum Gasteiger partial charge on any atom is -0.303 e. The third-order valence-electron chi connectivity index (χ3n) is 3.11. The lowest BCUT2D eigenvalue weighted by molar-refractivity contribution is -0.117. The molecular formula is C12H23NO. The quantitative estimate of drug-likeness (QED) is 0.690. The number of rotatable bonds is 4. The monoisotopic (exact) mass is 197 g/mol. The van der Waals surface area contributed by atoms with Crippen LogP contribution in [0.2, 0.25) is 0 Å². The average molecular weight is 197 g/mol. The van der Waals surface area contributed by atoms with Gasteiger partial charge < -0.3 is 9.69 Å². The van der Waals surface area contributed by atoms with Gasteiger partial charge in [0, 0.05) is 6.42 Å². The van der Waals surface area contributed by atoms with Gasteiger partial charge in [0.25, 0.3) is 0 Å². The highest BCUT2D eigenvalue weighted by molar-refractivity contribution is 5.75. The standard InChI is InChI=1S/C12H23NO/c1-11-5-3-8-13(10-7-11)9-4-6-12(2)14/h11H,3-10H2,1-2H3. The molecule has 0 N–H and O–H groups in total. The summed E-state index contributed by atoms with van der Waals surface area (Å²) in [4.78, 5) is 13.3. The van der Waals surface area contributed by atoms with Gasteiger partial charge in [-0.15, -0.1) is 0 Å². The molecule has 2 nitrogen and oxygen atoms in total. The Balaban J connectivity index is 2.14. The molecule has 0 spiro atoms. The maximum absolute atomic E-state index is 10.8. The van der Waals surface area contributed by atoms with E-state index in [1.807, 2.05) is 0 Å². The van der Waals surface area contributed by atoms with Gasteiger partial charge in [-0.3, -0.25) is 0 Å². The van der Waals surface area contributed by atoms with Crippen molar-refractivity contribution in [2.45, 2.75) is 46.0 Å². The second-order valence-electron chi connectivity index (χ2n) is 4.68. The molecule has 0 amide bonds. The molecule has 14 heavy (non-hydrogen) atoms. The van der Waals surface area contributed by atoms with Gasteiger partial charge in [0.1, 0.15) is 5.78 Å². The van der Waals surface area contributed by atoms with Crippen molar-refractivity contribution in [3.05, 3.63) is 0 Å². The summed E-state index contributed by atoms with van der Waals surface area (Å²) < 4.78 is 0. The van der Waals surface area contributed by atoms with E-state index in [0.29, 0.717) is 5.78 Å². The summed E-state index contributed by atoms with van der Waals surface area (Å²) in [5.41, 5.74) is 0. The van der Waals surface area contributed by atoms with Gasteiger partial charge in [0.05, 0.1) is 0 Å². The molecule has 1 fully saturated rings. The molecule has 1 rings (SSSR count). The Morgan fingerprint density at radius 2 is 2.14 bits per heavy atom. The van der Waals surface area contributed by atoms with Crippen LogP contribution in [0.3, 0.4) is 0 Å².